The van der Waals surface area contributed by atoms with Crippen molar-refractivity contribution in [2.45, 2.75) is 43.0 Å². The summed E-state index contributed by atoms with van der Waals surface area (Å²) in [5.74, 6) is -1.45. The van der Waals surface area contributed by atoms with Crippen molar-refractivity contribution in [3.63, 3.8) is 0 Å². The number of carbonyl (C=O) groups excluding carboxylic acids is 1. The molecule has 114 valence electrons. The van der Waals surface area contributed by atoms with Crippen molar-refractivity contribution in [2.75, 3.05) is 6.26 Å². The summed E-state index contributed by atoms with van der Waals surface area (Å²) in [6.45, 7) is 0. The Hall–Kier alpha value is -1.49. The van der Waals surface area contributed by atoms with E-state index in [2.05, 4.69) is 5.32 Å². The van der Waals surface area contributed by atoms with E-state index in [0.717, 1.165) is 30.6 Å². The zero-order valence-corrected chi connectivity index (χ0v) is 13.0. The molecule has 21 heavy (non-hydrogen) atoms. The molecule has 0 bridgehead atoms. The number of carboxylic acids is 1. The molecule has 2 unspecified atom stereocenters. The Morgan fingerprint density at radius 2 is 1.90 bits per heavy atom. The van der Waals surface area contributed by atoms with Gasteiger partial charge in [0.15, 0.2) is 0 Å². The van der Waals surface area contributed by atoms with Gasteiger partial charge in [-0.05, 0) is 31.2 Å². The highest BCUT2D eigenvalue weighted by atomic mass is 32.2. The molecule has 0 heterocycles. The van der Waals surface area contributed by atoms with Crippen LogP contribution in [-0.4, -0.2) is 29.3 Å². The Morgan fingerprint density at radius 3 is 2.62 bits per heavy atom. The fourth-order valence-corrected chi connectivity index (χ4v) is 3.45. The first kappa shape index (κ1) is 15.9. The van der Waals surface area contributed by atoms with E-state index in [1.807, 2.05) is 24.5 Å². The van der Waals surface area contributed by atoms with E-state index < -0.39 is 11.9 Å². The molecule has 1 aliphatic rings. The van der Waals surface area contributed by atoms with Crippen LogP contribution >= 0.6 is 11.8 Å². The lowest BCUT2D eigenvalue weighted by molar-refractivity contribution is -0.142. The van der Waals surface area contributed by atoms with Crippen LogP contribution in [-0.2, 0) is 4.79 Å². The van der Waals surface area contributed by atoms with Crippen LogP contribution in [0.25, 0.3) is 0 Å². The van der Waals surface area contributed by atoms with Gasteiger partial charge in [0.05, 0.1) is 11.5 Å². The number of aliphatic carboxylic acids is 1. The van der Waals surface area contributed by atoms with E-state index in [-0.39, 0.29) is 11.9 Å². The maximum Gasteiger partial charge on any atom is 0.308 e. The lowest BCUT2D eigenvalue weighted by Crippen LogP contribution is -2.43. The Labute approximate surface area is 129 Å². The minimum atomic E-state index is -0.805. The molecule has 2 N–H and O–H groups in total. The van der Waals surface area contributed by atoms with Gasteiger partial charge in [-0.15, -0.1) is 11.8 Å². The molecular formula is C16H21NO3S. The van der Waals surface area contributed by atoms with Gasteiger partial charge in [-0.25, -0.2) is 0 Å². The van der Waals surface area contributed by atoms with Crippen molar-refractivity contribution >= 4 is 23.6 Å². The molecule has 1 saturated carbocycles. The first-order valence-electron chi connectivity index (χ1n) is 7.30. The third kappa shape index (κ3) is 4.00. The largest absolute Gasteiger partial charge is 0.481 e. The summed E-state index contributed by atoms with van der Waals surface area (Å²) in [5.41, 5.74) is 0.624. The van der Waals surface area contributed by atoms with E-state index in [1.165, 1.54) is 11.8 Å². The summed E-state index contributed by atoms with van der Waals surface area (Å²) in [6, 6.07) is 7.15. The highest BCUT2D eigenvalue weighted by Gasteiger charge is 2.31. The number of thioether (sulfide) groups is 1. The molecule has 1 fully saturated rings. The molecular weight excluding hydrogens is 286 g/mol. The minimum absolute atomic E-state index is 0.168. The predicted octanol–water partition coefficient (Wildman–Crippen LogP) is 3.17. The minimum Gasteiger partial charge on any atom is -0.481 e. The second-order valence-electron chi connectivity index (χ2n) is 5.36. The third-order valence-electron chi connectivity index (χ3n) is 4.00. The van der Waals surface area contributed by atoms with E-state index in [1.54, 1.807) is 6.07 Å². The van der Waals surface area contributed by atoms with Crippen LogP contribution in [0.15, 0.2) is 29.2 Å². The standard InChI is InChI=1S/C16H21NO3S/c1-21-14-10-6-5-8-12(14)15(18)17-13-9-4-2-3-7-11(13)16(19)20/h5-6,8,10-11,13H,2-4,7,9H2,1H3,(H,17,18)(H,19,20). The van der Waals surface area contributed by atoms with Crippen molar-refractivity contribution < 1.29 is 14.7 Å². The van der Waals surface area contributed by atoms with Crippen LogP contribution in [0.4, 0.5) is 0 Å². The van der Waals surface area contributed by atoms with Crippen LogP contribution in [0.1, 0.15) is 42.5 Å². The molecule has 2 atom stereocenters. The Kier molecular flexibility index (Phi) is 5.67. The Morgan fingerprint density at radius 1 is 1.19 bits per heavy atom. The van der Waals surface area contributed by atoms with E-state index in [9.17, 15) is 14.7 Å². The summed E-state index contributed by atoms with van der Waals surface area (Å²) in [5, 5.41) is 12.3. The molecule has 0 aromatic heterocycles. The third-order valence-corrected chi connectivity index (χ3v) is 4.80. The second kappa shape index (κ2) is 7.50. The summed E-state index contributed by atoms with van der Waals surface area (Å²) in [7, 11) is 0. The quantitative estimate of drug-likeness (QED) is 0.662. The van der Waals surface area contributed by atoms with Gasteiger partial charge in [0.25, 0.3) is 5.91 Å². The Balaban J connectivity index is 2.14. The molecule has 1 aromatic rings. The Bertz CT molecular complexity index is 518. The van der Waals surface area contributed by atoms with Gasteiger partial charge < -0.3 is 10.4 Å². The van der Waals surface area contributed by atoms with E-state index in [0.29, 0.717) is 12.0 Å². The predicted molar refractivity (Wildman–Crippen MR) is 83.7 cm³/mol. The second-order valence-corrected chi connectivity index (χ2v) is 6.21. The summed E-state index contributed by atoms with van der Waals surface area (Å²) in [4.78, 5) is 24.8. The lowest BCUT2D eigenvalue weighted by atomic mass is 9.94. The molecule has 0 aliphatic heterocycles. The van der Waals surface area contributed by atoms with Crippen molar-refractivity contribution in [3.8, 4) is 0 Å². The zero-order chi connectivity index (χ0) is 15.2. The zero-order valence-electron chi connectivity index (χ0n) is 12.2. The average molecular weight is 307 g/mol. The normalized spacial score (nSPS) is 22.3. The number of hydrogen-bond acceptors (Lipinski definition) is 3. The highest BCUT2D eigenvalue weighted by Crippen LogP contribution is 2.25. The molecule has 4 nitrogen and oxygen atoms in total. The fraction of sp³-hybridized carbons (Fsp3) is 0.500. The van der Waals surface area contributed by atoms with Gasteiger partial charge in [0, 0.05) is 10.9 Å². The molecule has 2 rings (SSSR count). The topological polar surface area (TPSA) is 66.4 Å². The van der Waals surface area contributed by atoms with Crippen LogP contribution in [0.2, 0.25) is 0 Å². The van der Waals surface area contributed by atoms with Crippen LogP contribution in [0.3, 0.4) is 0 Å². The summed E-state index contributed by atoms with van der Waals surface area (Å²) in [6.07, 6.45) is 6.24. The van der Waals surface area contributed by atoms with Crippen LogP contribution in [0, 0.1) is 5.92 Å². The SMILES string of the molecule is CSc1ccccc1C(=O)NC1CCCCCC1C(=O)O. The lowest BCUT2D eigenvalue weighted by Gasteiger charge is -2.23. The number of amides is 1. The maximum absolute atomic E-state index is 12.5. The molecule has 5 heteroatoms. The average Bonchev–Trinajstić information content (AvgIpc) is 2.72. The van der Waals surface area contributed by atoms with Crippen LogP contribution < -0.4 is 5.32 Å². The van der Waals surface area contributed by atoms with Crippen LogP contribution in [0.5, 0.6) is 0 Å². The molecule has 1 aromatic carbocycles. The summed E-state index contributed by atoms with van der Waals surface area (Å²) < 4.78 is 0. The highest BCUT2D eigenvalue weighted by molar-refractivity contribution is 7.98. The van der Waals surface area contributed by atoms with Crippen molar-refractivity contribution in [3.05, 3.63) is 29.8 Å². The van der Waals surface area contributed by atoms with Crippen molar-refractivity contribution in [1.29, 1.82) is 0 Å². The molecule has 0 spiro atoms. The van der Waals surface area contributed by atoms with Gasteiger partial charge in [0.2, 0.25) is 0 Å². The maximum atomic E-state index is 12.5. The van der Waals surface area contributed by atoms with Gasteiger partial charge >= 0.3 is 5.97 Å². The number of carbonyl (C=O) groups is 2. The van der Waals surface area contributed by atoms with Gasteiger partial charge in [-0.2, -0.15) is 0 Å². The van der Waals surface area contributed by atoms with Crippen molar-refractivity contribution in [1.82, 2.24) is 5.32 Å². The van der Waals surface area contributed by atoms with E-state index in [4.69, 9.17) is 0 Å². The van der Waals surface area contributed by atoms with Gasteiger partial charge in [0.1, 0.15) is 0 Å². The monoisotopic (exact) mass is 307 g/mol. The first-order valence-corrected chi connectivity index (χ1v) is 8.52. The molecule has 0 saturated heterocycles. The number of benzene rings is 1. The number of carboxylic acid groups (broad SMARTS) is 1. The molecule has 1 aliphatic carbocycles. The fourth-order valence-electron chi connectivity index (χ4n) is 2.85. The molecule has 0 radical (unpaired) electrons. The number of rotatable bonds is 4. The first-order chi connectivity index (χ1) is 10.1. The number of hydrogen-bond donors (Lipinski definition) is 2. The summed E-state index contributed by atoms with van der Waals surface area (Å²) >= 11 is 1.52. The van der Waals surface area contributed by atoms with Gasteiger partial charge in [-0.3, -0.25) is 9.59 Å². The van der Waals surface area contributed by atoms with E-state index >= 15 is 0 Å². The van der Waals surface area contributed by atoms with Gasteiger partial charge in [-0.1, -0.05) is 31.4 Å². The smallest absolute Gasteiger partial charge is 0.308 e. The number of nitrogens with one attached hydrogen (secondary N) is 1. The molecule has 1 amide bonds. The van der Waals surface area contributed by atoms with Crippen molar-refractivity contribution in [2.24, 2.45) is 5.92 Å².